The van der Waals surface area contributed by atoms with E-state index in [-0.39, 0.29) is 12.1 Å². The van der Waals surface area contributed by atoms with Crippen LogP contribution in [0.4, 0.5) is 8.78 Å². The molecule has 0 aliphatic rings. The molecule has 0 aromatic heterocycles. The Hall–Kier alpha value is -2.63. The summed E-state index contributed by atoms with van der Waals surface area (Å²) >= 11 is 0. The number of aliphatic imine (C=N–C) groups is 1. The molecule has 2 aromatic carbocycles. The van der Waals surface area contributed by atoms with Crippen molar-refractivity contribution >= 4 is 5.96 Å². The molecule has 2 N–H and O–H groups in total. The minimum Gasteiger partial charge on any atom is -0.494 e. The zero-order chi connectivity index (χ0) is 17.2. The summed E-state index contributed by atoms with van der Waals surface area (Å²) in [5.74, 6) is 0.449. The maximum Gasteiger partial charge on any atom is 0.191 e. The van der Waals surface area contributed by atoms with Gasteiger partial charge < -0.3 is 15.4 Å². The van der Waals surface area contributed by atoms with Crippen LogP contribution in [0.1, 0.15) is 12.0 Å². The first-order valence-electron chi connectivity index (χ1n) is 7.75. The van der Waals surface area contributed by atoms with Gasteiger partial charge in [0.25, 0.3) is 0 Å². The molecule has 0 heterocycles. The molecule has 0 fully saturated rings. The van der Waals surface area contributed by atoms with E-state index in [0.717, 1.165) is 24.3 Å². The summed E-state index contributed by atoms with van der Waals surface area (Å²) in [7, 11) is 1.62. The largest absolute Gasteiger partial charge is 0.494 e. The second kappa shape index (κ2) is 9.50. The lowest BCUT2D eigenvalue weighted by molar-refractivity contribution is 0.311. The van der Waals surface area contributed by atoms with Crippen LogP contribution in [0.15, 0.2) is 53.5 Å². The fourth-order valence-corrected chi connectivity index (χ4v) is 2.06. The van der Waals surface area contributed by atoms with Crippen LogP contribution in [0, 0.1) is 11.6 Å². The first kappa shape index (κ1) is 17.7. The van der Waals surface area contributed by atoms with E-state index in [4.69, 9.17) is 4.74 Å². The van der Waals surface area contributed by atoms with Crippen LogP contribution in [0.25, 0.3) is 0 Å². The second-order valence-corrected chi connectivity index (χ2v) is 5.10. The highest BCUT2D eigenvalue weighted by Gasteiger charge is 2.05. The van der Waals surface area contributed by atoms with Gasteiger partial charge in [0.15, 0.2) is 5.96 Å². The fraction of sp³-hybridized carbons (Fsp3) is 0.278. The summed E-state index contributed by atoms with van der Waals surface area (Å²) in [6.07, 6.45) is 0.782. The van der Waals surface area contributed by atoms with Gasteiger partial charge >= 0.3 is 0 Å². The minimum atomic E-state index is -0.464. The maximum absolute atomic E-state index is 13.6. The van der Waals surface area contributed by atoms with Gasteiger partial charge in [0, 0.05) is 25.7 Å². The average Bonchev–Trinajstić information content (AvgIpc) is 2.61. The smallest absolute Gasteiger partial charge is 0.191 e. The van der Waals surface area contributed by atoms with Gasteiger partial charge in [0.05, 0.1) is 6.61 Å². The molecule has 0 aliphatic carbocycles. The average molecular weight is 333 g/mol. The summed E-state index contributed by atoms with van der Waals surface area (Å²) in [5.41, 5.74) is 0.255. The number of ether oxygens (including phenoxy) is 1. The lowest BCUT2D eigenvalue weighted by atomic mass is 10.2. The van der Waals surface area contributed by atoms with Gasteiger partial charge in [-0.1, -0.05) is 18.2 Å². The molecule has 0 amide bonds. The van der Waals surface area contributed by atoms with Crippen molar-refractivity contribution in [1.82, 2.24) is 10.6 Å². The van der Waals surface area contributed by atoms with E-state index in [1.54, 1.807) is 7.05 Å². The Bertz CT molecular complexity index is 663. The van der Waals surface area contributed by atoms with Crippen molar-refractivity contribution in [2.24, 2.45) is 4.99 Å². The van der Waals surface area contributed by atoms with Crippen LogP contribution in [0.5, 0.6) is 5.75 Å². The molecular weight excluding hydrogens is 312 g/mol. The van der Waals surface area contributed by atoms with E-state index in [2.05, 4.69) is 15.6 Å². The molecule has 0 spiro atoms. The highest BCUT2D eigenvalue weighted by molar-refractivity contribution is 5.79. The molecule has 6 heteroatoms. The highest BCUT2D eigenvalue weighted by Crippen LogP contribution is 2.09. The van der Waals surface area contributed by atoms with E-state index in [0.29, 0.717) is 19.1 Å². The summed E-state index contributed by atoms with van der Waals surface area (Å²) in [6, 6.07) is 13.0. The van der Waals surface area contributed by atoms with Gasteiger partial charge in [0.2, 0.25) is 0 Å². The zero-order valence-corrected chi connectivity index (χ0v) is 13.6. The topological polar surface area (TPSA) is 45.7 Å². The Morgan fingerprint density at radius 2 is 1.88 bits per heavy atom. The van der Waals surface area contributed by atoms with Gasteiger partial charge in [-0.05, 0) is 36.8 Å². The summed E-state index contributed by atoms with van der Waals surface area (Å²) in [6.45, 7) is 1.38. The second-order valence-electron chi connectivity index (χ2n) is 5.10. The molecule has 0 unspecified atom stereocenters. The van der Waals surface area contributed by atoms with Crippen molar-refractivity contribution in [1.29, 1.82) is 0 Å². The SMILES string of the molecule is CN=C(NCCCOc1ccccc1)NCc1cc(F)ccc1F. The van der Waals surface area contributed by atoms with Crippen molar-refractivity contribution in [2.45, 2.75) is 13.0 Å². The summed E-state index contributed by atoms with van der Waals surface area (Å²) in [4.78, 5) is 4.05. The molecule has 2 aromatic rings. The van der Waals surface area contributed by atoms with Crippen molar-refractivity contribution in [2.75, 3.05) is 20.2 Å². The molecule has 0 bridgehead atoms. The zero-order valence-electron chi connectivity index (χ0n) is 13.6. The Labute approximate surface area is 140 Å². The van der Waals surface area contributed by atoms with Gasteiger partial charge in [-0.2, -0.15) is 0 Å². The molecule has 0 atom stereocenters. The number of benzene rings is 2. The van der Waals surface area contributed by atoms with Crippen molar-refractivity contribution in [3.05, 3.63) is 65.7 Å². The molecule has 2 rings (SSSR count). The van der Waals surface area contributed by atoms with E-state index >= 15 is 0 Å². The minimum absolute atomic E-state index is 0.157. The first-order valence-corrected chi connectivity index (χ1v) is 7.75. The van der Waals surface area contributed by atoms with Crippen molar-refractivity contribution < 1.29 is 13.5 Å². The van der Waals surface area contributed by atoms with E-state index < -0.39 is 11.6 Å². The molecule has 24 heavy (non-hydrogen) atoms. The number of hydrogen-bond acceptors (Lipinski definition) is 2. The monoisotopic (exact) mass is 333 g/mol. The van der Waals surface area contributed by atoms with Crippen LogP contribution in [-0.2, 0) is 6.54 Å². The quantitative estimate of drug-likeness (QED) is 0.465. The third kappa shape index (κ3) is 5.87. The molecule has 128 valence electrons. The molecule has 0 saturated heterocycles. The van der Waals surface area contributed by atoms with E-state index in [1.807, 2.05) is 30.3 Å². The van der Waals surface area contributed by atoms with E-state index in [1.165, 1.54) is 6.07 Å². The van der Waals surface area contributed by atoms with Gasteiger partial charge in [-0.25, -0.2) is 8.78 Å². The normalized spacial score (nSPS) is 11.2. The number of halogens is 2. The van der Waals surface area contributed by atoms with Crippen LogP contribution >= 0.6 is 0 Å². The molecule has 0 aliphatic heterocycles. The number of para-hydroxylation sites is 1. The van der Waals surface area contributed by atoms with Crippen LogP contribution in [-0.4, -0.2) is 26.2 Å². The molecular formula is C18H21F2N3O. The first-order chi connectivity index (χ1) is 11.7. The standard InChI is InChI=1S/C18H21F2N3O/c1-21-18(23-13-14-12-15(19)8-9-17(14)20)22-10-5-11-24-16-6-3-2-4-7-16/h2-4,6-9,12H,5,10-11,13H2,1H3,(H2,21,22,23). The van der Waals surface area contributed by atoms with E-state index in [9.17, 15) is 8.78 Å². The lowest BCUT2D eigenvalue weighted by Gasteiger charge is -2.12. The summed E-state index contributed by atoms with van der Waals surface area (Å²) in [5, 5.41) is 6.06. The number of nitrogens with one attached hydrogen (secondary N) is 2. The fourth-order valence-electron chi connectivity index (χ4n) is 2.06. The predicted molar refractivity (Wildman–Crippen MR) is 91.1 cm³/mol. The molecule has 0 saturated carbocycles. The Morgan fingerprint density at radius 1 is 1.08 bits per heavy atom. The van der Waals surface area contributed by atoms with Crippen LogP contribution < -0.4 is 15.4 Å². The third-order valence-electron chi connectivity index (χ3n) is 3.30. The summed E-state index contributed by atoms with van der Waals surface area (Å²) < 4.78 is 32.3. The Kier molecular flexibility index (Phi) is 7.01. The van der Waals surface area contributed by atoms with Crippen LogP contribution in [0.2, 0.25) is 0 Å². The van der Waals surface area contributed by atoms with Crippen molar-refractivity contribution in [3.63, 3.8) is 0 Å². The van der Waals surface area contributed by atoms with Gasteiger partial charge in [-0.15, -0.1) is 0 Å². The lowest BCUT2D eigenvalue weighted by Crippen LogP contribution is -2.37. The maximum atomic E-state index is 13.6. The molecule has 0 radical (unpaired) electrons. The predicted octanol–water partition coefficient (Wildman–Crippen LogP) is 3.10. The number of nitrogens with zero attached hydrogens (tertiary/aromatic N) is 1. The number of rotatable bonds is 7. The third-order valence-corrected chi connectivity index (χ3v) is 3.30. The number of hydrogen-bond donors (Lipinski definition) is 2. The Morgan fingerprint density at radius 3 is 2.62 bits per heavy atom. The van der Waals surface area contributed by atoms with Gasteiger partial charge in [-0.3, -0.25) is 4.99 Å². The highest BCUT2D eigenvalue weighted by atomic mass is 19.1. The van der Waals surface area contributed by atoms with Gasteiger partial charge in [0.1, 0.15) is 17.4 Å². The molecule has 4 nitrogen and oxygen atoms in total. The van der Waals surface area contributed by atoms with Crippen LogP contribution in [0.3, 0.4) is 0 Å². The van der Waals surface area contributed by atoms with Crippen molar-refractivity contribution in [3.8, 4) is 5.75 Å². The number of guanidine groups is 1. The Balaban J connectivity index is 1.68.